The summed E-state index contributed by atoms with van der Waals surface area (Å²) in [6.45, 7) is 0. The minimum absolute atomic E-state index is 0.766. The highest BCUT2D eigenvalue weighted by Gasteiger charge is 2.48. The molecule has 0 N–H and O–H groups in total. The average molecular weight is 700 g/mol. The Hall–Kier alpha value is -5.99. The lowest BCUT2D eigenvalue weighted by atomic mass is 10.0. The first kappa shape index (κ1) is 30.8. The molecule has 8 aromatic rings. The second-order valence-corrected chi connectivity index (χ2v) is 19.2. The van der Waals surface area contributed by atoms with Crippen molar-refractivity contribution in [2.24, 2.45) is 0 Å². The molecule has 0 saturated heterocycles. The van der Waals surface area contributed by atoms with E-state index in [0.717, 1.165) is 28.6 Å². The molecular weight excluding hydrogens is 666 g/mol. The highest BCUT2D eigenvalue weighted by Crippen LogP contribution is 2.50. The molecule has 0 atom stereocenters. The number of anilines is 3. The van der Waals surface area contributed by atoms with Gasteiger partial charge in [0.1, 0.15) is 0 Å². The minimum atomic E-state index is -2.57. The number of fused-ring (bicyclic) bond motifs is 4. The second-order valence-electron chi connectivity index (χ2n) is 13.3. The fourth-order valence-electron chi connectivity index (χ4n) is 8.28. The number of hydrogen-bond acceptors (Lipinski definition) is 2. The Balaban J connectivity index is 1.05. The van der Waals surface area contributed by atoms with Gasteiger partial charge in [-0.1, -0.05) is 170 Å². The lowest BCUT2D eigenvalue weighted by Gasteiger charge is -2.43. The third-order valence-corrected chi connectivity index (χ3v) is 18.4. The molecule has 2 aliphatic heterocycles. The average Bonchev–Trinajstić information content (AvgIpc) is 3.23. The molecule has 0 fully saturated rings. The fraction of sp³-hybridized carbons (Fsp3) is 0. The Labute approximate surface area is 307 Å². The first-order chi connectivity index (χ1) is 25.8. The lowest BCUT2D eigenvalue weighted by molar-refractivity contribution is 0.477. The number of benzene rings is 8. The second kappa shape index (κ2) is 12.7. The number of ether oxygens (including phenoxy) is 1. The summed E-state index contributed by atoms with van der Waals surface area (Å²) in [4.78, 5) is 2.29. The standard InChI is InChI=1S/C48H34NOPSi/c1-3-15-39(16-4-1)52(40-17-5-2-6-18-40)47-25-13-11-23-45(47)51(46-24-12-14-26-48(46)52)38-33-29-36(30-34-38)35-27-31-37(32-28-35)49-41-19-7-9-21-43(41)50-44-22-10-8-20-42(44)49/h1-34H. The van der Waals surface area contributed by atoms with Crippen LogP contribution >= 0.6 is 7.92 Å². The molecule has 246 valence electrons. The van der Waals surface area contributed by atoms with Gasteiger partial charge in [0.25, 0.3) is 0 Å². The van der Waals surface area contributed by atoms with E-state index in [-0.39, 0.29) is 0 Å². The first-order valence-corrected chi connectivity index (χ1v) is 21.1. The van der Waals surface area contributed by atoms with Gasteiger partial charge in [0, 0.05) is 5.69 Å². The Kier molecular flexibility index (Phi) is 7.49. The van der Waals surface area contributed by atoms with E-state index in [0.29, 0.717) is 0 Å². The van der Waals surface area contributed by atoms with Gasteiger partial charge in [-0.3, -0.25) is 0 Å². The molecule has 2 aliphatic rings. The largest absolute Gasteiger partial charge is 0.453 e. The summed E-state index contributed by atoms with van der Waals surface area (Å²) in [5.41, 5.74) is 5.60. The monoisotopic (exact) mass is 699 g/mol. The van der Waals surface area contributed by atoms with Crippen LogP contribution in [0.1, 0.15) is 0 Å². The van der Waals surface area contributed by atoms with Crippen LogP contribution in [0.5, 0.6) is 11.5 Å². The lowest BCUT2D eigenvalue weighted by Crippen LogP contribution is -2.81. The van der Waals surface area contributed by atoms with E-state index < -0.39 is 16.0 Å². The molecule has 0 amide bonds. The molecule has 2 nitrogen and oxygen atoms in total. The zero-order chi connectivity index (χ0) is 34.5. The van der Waals surface area contributed by atoms with Gasteiger partial charge in [-0.2, -0.15) is 0 Å². The predicted molar refractivity (Wildman–Crippen MR) is 223 cm³/mol. The van der Waals surface area contributed by atoms with E-state index in [9.17, 15) is 0 Å². The van der Waals surface area contributed by atoms with Crippen LogP contribution in [0.4, 0.5) is 17.1 Å². The van der Waals surface area contributed by atoms with Crippen LogP contribution in [0, 0.1) is 0 Å². The summed E-state index contributed by atoms with van der Waals surface area (Å²) >= 11 is 0. The topological polar surface area (TPSA) is 12.5 Å². The van der Waals surface area contributed by atoms with Crippen LogP contribution in [0.15, 0.2) is 206 Å². The van der Waals surface area contributed by atoms with Gasteiger partial charge < -0.3 is 9.64 Å². The zero-order valence-corrected chi connectivity index (χ0v) is 30.3. The van der Waals surface area contributed by atoms with Crippen LogP contribution in [0.25, 0.3) is 11.1 Å². The summed E-state index contributed by atoms with van der Waals surface area (Å²) in [7, 11) is -3.34. The van der Waals surface area contributed by atoms with Crippen molar-refractivity contribution in [3.63, 3.8) is 0 Å². The molecule has 0 unspecified atom stereocenters. The van der Waals surface area contributed by atoms with Crippen molar-refractivity contribution in [3.05, 3.63) is 206 Å². The maximum Gasteiger partial charge on any atom is 0.180 e. The molecule has 2 heterocycles. The molecule has 4 heteroatoms. The summed E-state index contributed by atoms with van der Waals surface area (Å²) in [5.74, 6) is 1.72. The van der Waals surface area contributed by atoms with E-state index in [1.165, 1.54) is 47.8 Å². The normalized spacial score (nSPS) is 14.0. The smallest absolute Gasteiger partial charge is 0.180 e. The number of para-hydroxylation sites is 4. The van der Waals surface area contributed by atoms with E-state index in [2.05, 4.69) is 187 Å². The molecule has 52 heavy (non-hydrogen) atoms. The fourth-order valence-corrected chi connectivity index (χ4v) is 17.2. The van der Waals surface area contributed by atoms with Crippen molar-refractivity contribution in [1.82, 2.24) is 0 Å². The van der Waals surface area contributed by atoms with Gasteiger partial charge in [0.2, 0.25) is 0 Å². The highest BCUT2D eigenvalue weighted by atomic mass is 31.1. The van der Waals surface area contributed by atoms with Crippen molar-refractivity contribution in [1.29, 1.82) is 0 Å². The molecule has 0 aliphatic carbocycles. The van der Waals surface area contributed by atoms with Crippen molar-refractivity contribution in [2.75, 3.05) is 4.90 Å². The van der Waals surface area contributed by atoms with Gasteiger partial charge in [-0.15, -0.1) is 0 Å². The number of hydrogen-bond donors (Lipinski definition) is 0. The quantitative estimate of drug-likeness (QED) is 0.132. The Morgan fingerprint density at radius 1 is 0.385 bits per heavy atom. The van der Waals surface area contributed by atoms with Gasteiger partial charge in [0.05, 0.1) is 11.4 Å². The Morgan fingerprint density at radius 2 is 0.808 bits per heavy atom. The first-order valence-electron chi connectivity index (χ1n) is 17.8. The van der Waals surface area contributed by atoms with Gasteiger partial charge >= 0.3 is 0 Å². The Morgan fingerprint density at radius 3 is 1.33 bits per heavy atom. The maximum atomic E-state index is 6.25. The van der Waals surface area contributed by atoms with Crippen molar-refractivity contribution >= 4 is 69.7 Å². The van der Waals surface area contributed by atoms with Crippen LogP contribution in [-0.2, 0) is 0 Å². The third-order valence-electron chi connectivity index (χ3n) is 10.5. The van der Waals surface area contributed by atoms with Gasteiger partial charge in [-0.25, -0.2) is 0 Å². The van der Waals surface area contributed by atoms with Crippen LogP contribution in [0.2, 0.25) is 0 Å². The molecule has 0 aromatic heterocycles. The summed E-state index contributed by atoms with van der Waals surface area (Å²) in [6, 6.07) is 75.9. The van der Waals surface area contributed by atoms with E-state index in [4.69, 9.17) is 4.74 Å². The molecule has 0 spiro atoms. The third kappa shape index (κ3) is 4.82. The van der Waals surface area contributed by atoms with E-state index >= 15 is 0 Å². The van der Waals surface area contributed by atoms with Crippen LogP contribution in [-0.4, -0.2) is 8.07 Å². The van der Waals surface area contributed by atoms with Crippen molar-refractivity contribution in [3.8, 4) is 22.6 Å². The number of nitrogens with zero attached hydrogens (tertiary/aromatic N) is 1. The predicted octanol–water partition coefficient (Wildman–Crippen LogP) is 8.38. The molecular formula is C48H34NOPSi. The van der Waals surface area contributed by atoms with Gasteiger partial charge in [-0.05, 0) is 92.1 Å². The minimum Gasteiger partial charge on any atom is -0.453 e. The van der Waals surface area contributed by atoms with E-state index in [1.54, 1.807) is 0 Å². The molecule has 0 bridgehead atoms. The summed E-state index contributed by atoms with van der Waals surface area (Å²) < 4.78 is 6.25. The van der Waals surface area contributed by atoms with Crippen molar-refractivity contribution in [2.45, 2.75) is 0 Å². The molecule has 0 radical (unpaired) electrons. The molecule has 0 saturated carbocycles. The molecule has 8 aromatic carbocycles. The molecule has 10 rings (SSSR count). The SMILES string of the molecule is c1ccc([Si]2(c3ccccc3)c3ccccc3P(c3ccc(-c4ccc(N5c6ccccc6Oc6ccccc65)cc4)cc3)c3ccccc32)cc1. The Bertz CT molecular complexity index is 2420. The van der Waals surface area contributed by atoms with Crippen LogP contribution in [0.3, 0.4) is 0 Å². The van der Waals surface area contributed by atoms with Crippen molar-refractivity contribution < 1.29 is 4.74 Å². The van der Waals surface area contributed by atoms with Crippen LogP contribution < -0.4 is 46.3 Å². The highest BCUT2D eigenvalue weighted by molar-refractivity contribution is 7.81. The summed E-state index contributed by atoms with van der Waals surface area (Å²) in [5, 5.41) is 10.2. The number of rotatable bonds is 5. The van der Waals surface area contributed by atoms with Gasteiger partial charge in [0.15, 0.2) is 19.6 Å². The maximum absolute atomic E-state index is 6.25. The van der Waals surface area contributed by atoms with E-state index in [1.807, 2.05) is 24.3 Å². The zero-order valence-electron chi connectivity index (χ0n) is 28.4. The summed E-state index contributed by atoms with van der Waals surface area (Å²) in [6.07, 6.45) is 0.